The standard InChI is InChI=1S/C13H16N2O.C2H2O4/c1-2-5-12(6-3-1)10-16-8-4-7-13-9-14-11-15-13;3-1(4)2(5)6/h1-3,5-6,9,11H,4,7-8,10H2,(H,14,15);(H,3,4)(H,5,6). The molecule has 1 heterocycles. The molecular weight excluding hydrogens is 288 g/mol. The van der Waals surface area contributed by atoms with Crippen molar-refractivity contribution in [2.75, 3.05) is 6.61 Å². The fourth-order valence-corrected chi connectivity index (χ4v) is 1.55. The highest BCUT2D eigenvalue weighted by molar-refractivity contribution is 6.27. The number of aromatic nitrogens is 2. The first kappa shape index (κ1) is 17.4. The number of aromatic amines is 1. The third-order valence-corrected chi connectivity index (χ3v) is 2.58. The Balaban J connectivity index is 0.000000346. The van der Waals surface area contributed by atoms with Crippen molar-refractivity contribution in [3.05, 3.63) is 54.1 Å². The molecule has 0 fully saturated rings. The summed E-state index contributed by atoms with van der Waals surface area (Å²) in [5.41, 5.74) is 2.40. The van der Waals surface area contributed by atoms with Gasteiger partial charge in [0.25, 0.3) is 0 Å². The smallest absolute Gasteiger partial charge is 0.414 e. The second-order valence-corrected chi connectivity index (χ2v) is 4.33. The molecule has 7 heteroatoms. The largest absolute Gasteiger partial charge is 0.473 e. The highest BCUT2D eigenvalue weighted by atomic mass is 16.5. The Labute approximate surface area is 127 Å². The number of imidazole rings is 1. The van der Waals surface area contributed by atoms with Gasteiger partial charge in [-0.25, -0.2) is 14.6 Å². The van der Waals surface area contributed by atoms with E-state index >= 15 is 0 Å². The number of carboxylic acid groups (broad SMARTS) is 2. The van der Waals surface area contributed by atoms with Crippen LogP contribution >= 0.6 is 0 Å². The van der Waals surface area contributed by atoms with Crippen LogP contribution < -0.4 is 0 Å². The molecule has 1 aromatic carbocycles. The Hall–Kier alpha value is -2.67. The van der Waals surface area contributed by atoms with E-state index in [2.05, 4.69) is 22.1 Å². The zero-order chi connectivity index (χ0) is 16.2. The monoisotopic (exact) mass is 306 g/mol. The molecule has 0 radical (unpaired) electrons. The molecular formula is C15H18N2O5. The Morgan fingerprint density at radius 2 is 1.82 bits per heavy atom. The van der Waals surface area contributed by atoms with Gasteiger partial charge in [-0.15, -0.1) is 0 Å². The first-order chi connectivity index (χ1) is 10.6. The molecule has 2 rings (SSSR count). The number of carboxylic acids is 2. The van der Waals surface area contributed by atoms with Crippen LogP contribution in [0.5, 0.6) is 0 Å². The van der Waals surface area contributed by atoms with Gasteiger partial charge in [-0.2, -0.15) is 0 Å². The number of nitrogens with zero attached hydrogens (tertiary/aromatic N) is 1. The van der Waals surface area contributed by atoms with Crippen molar-refractivity contribution < 1.29 is 24.5 Å². The molecule has 0 amide bonds. The number of hydrogen-bond donors (Lipinski definition) is 3. The topological polar surface area (TPSA) is 113 Å². The van der Waals surface area contributed by atoms with E-state index in [1.807, 2.05) is 24.4 Å². The molecule has 0 aliphatic rings. The molecule has 1 aromatic heterocycles. The van der Waals surface area contributed by atoms with E-state index in [4.69, 9.17) is 24.5 Å². The minimum atomic E-state index is -1.82. The Morgan fingerprint density at radius 3 is 2.36 bits per heavy atom. The van der Waals surface area contributed by atoms with Gasteiger partial charge in [-0.1, -0.05) is 30.3 Å². The van der Waals surface area contributed by atoms with Gasteiger partial charge in [0.15, 0.2) is 0 Å². The molecule has 0 aliphatic heterocycles. The lowest BCUT2D eigenvalue weighted by atomic mass is 10.2. The number of hydrogen-bond acceptors (Lipinski definition) is 4. The van der Waals surface area contributed by atoms with E-state index < -0.39 is 11.9 Å². The van der Waals surface area contributed by atoms with Crippen molar-refractivity contribution in [3.63, 3.8) is 0 Å². The SMILES string of the molecule is O=C(O)C(=O)O.c1ccc(COCCCc2cnc[nH]2)cc1. The van der Waals surface area contributed by atoms with Crippen LogP contribution in [0.3, 0.4) is 0 Å². The average Bonchev–Trinajstić information content (AvgIpc) is 3.02. The predicted molar refractivity (Wildman–Crippen MR) is 78.3 cm³/mol. The summed E-state index contributed by atoms with van der Waals surface area (Å²) < 4.78 is 5.58. The molecule has 2 aromatic rings. The number of nitrogens with one attached hydrogen (secondary N) is 1. The van der Waals surface area contributed by atoms with Gasteiger partial charge < -0.3 is 19.9 Å². The van der Waals surface area contributed by atoms with E-state index in [-0.39, 0.29) is 0 Å². The predicted octanol–water partition coefficient (Wildman–Crippen LogP) is 1.71. The zero-order valence-electron chi connectivity index (χ0n) is 11.9. The van der Waals surface area contributed by atoms with Gasteiger partial charge in [-0.3, -0.25) is 0 Å². The molecule has 118 valence electrons. The first-order valence-corrected chi connectivity index (χ1v) is 6.64. The van der Waals surface area contributed by atoms with Gasteiger partial charge >= 0.3 is 11.9 Å². The van der Waals surface area contributed by atoms with Gasteiger partial charge in [0.05, 0.1) is 12.9 Å². The molecule has 22 heavy (non-hydrogen) atoms. The number of rotatable bonds is 6. The summed E-state index contributed by atoms with van der Waals surface area (Å²) in [5.74, 6) is -3.65. The maximum atomic E-state index is 9.10. The van der Waals surface area contributed by atoms with Crippen molar-refractivity contribution in [1.29, 1.82) is 0 Å². The van der Waals surface area contributed by atoms with Crippen molar-refractivity contribution in [2.45, 2.75) is 19.4 Å². The second-order valence-electron chi connectivity index (χ2n) is 4.33. The lowest BCUT2D eigenvalue weighted by Gasteiger charge is -2.03. The van der Waals surface area contributed by atoms with Gasteiger partial charge in [0.1, 0.15) is 0 Å². The second kappa shape index (κ2) is 10.1. The quantitative estimate of drug-likeness (QED) is 0.553. The number of ether oxygens (including phenoxy) is 1. The van der Waals surface area contributed by atoms with Crippen LogP contribution in [-0.4, -0.2) is 38.7 Å². The highest BCUT2D eigenvalue weighted by Gasteiger charge is 2.04. The molecule has 0 saturated carbocycles. The van der Waals surface area contributed by atoms with Crippen molar-refractivity contribution in [1.82, 2.24) is 9.97 Å². The number of carbonyl (C=O) groups is 2. The maximum Gasteiger partial charge on any atom is 0.414 e. The number of aryl methyl sites for hydroxylation is 1. The summed E-state index contributed by atoms with van der Waals surface area (Å²) >= 11 is 0. The van der Waals surface area contributed by atoms with E-state index in [0.29, 0.717) is 6.61 Å². The van der Waals surface area contributed by atoms with E-state index in [1.54, 1.807) is 6.33 Å². The molecule has 0 spiro atoms. The van der Waals surface area contributed by atoms with Crippen molar-refractivity contribution in [2.24, 2.45) is 0 Å². The van der Waals surface area contributed by atoms with Crippen LogP contribution in [0.25, 0.3) is 0 Å². The highest BCUT2D eigenvalue weighted by Crippen LogP contribution is 2.02. The Kier molecular flexibility index (Phi) is 7.99. The van der Waals surface area contributed by atoms with Gasteiger partial charge in [0.2, 0.25) is 0 Å². The molecule has 0 bridgehead atoms. The molecule has 0 saturated heterocycles. The van der Waals surface area contributed by atoms with Crippen LogP contribution in [0, 0.1) is 0 Å². The summed E-state index contributed by atoms with van der Waals surface area (Å²) in [6.07, 6.45) is 5.58. The zero-order valence-corrected chi connectivity index (χ0v) is 11.9. The number of H-pyrrole nitrogens is 1. The van der Waals surface area contributed by atoms with Gasteiger partial charge in [0, 0.05) is 18.5 Å². The molecule has 7 nitrogen and oxygen atoms in total. The fraction of sp³-hybridized carbons (Fsp3) is 0.267. The number of aliphatic carboxylic acids is 2. The Morgan fingerprint density at radius 1 is 1.14 bits per heavy atom. The molecule has 0 aliphatic carbocycles. The van der Waals surface area contributed by atoms with E-state index in [1.165, 1.54) is 11.3 Å². The van der Waals surface area contributed by atoms with Crippen LogP contribution in [0.15, 0.2) is 42.9 Å². The fourth-order valence-electron chi connectivity index (χ4n) is 1.55. The normalized spacial score (nSPS) is 9.64. The first-order valence-electron chi connectivity index (χ1n) is 6.64. The summed E-state index contributed by atoms with van der Waals surface area (Å²) in [7, 11) is 0. The third-order valence-electron chi connectivity index (χ3n) is 2.58. The van der Waals surface area contributed by atoms with E-state index in [9.17, 15) is 0 Å². The summed E-state index contributed by atoms with van der Waals surface area (Å²) in [6, 6.07) is 10.2. The minimum absolute atomic E-state index is 0.698. The Bertz CT molecular complexity index is 543. The number of benzene rings is 1. The van der Waals surface area contributed by atoms with Crippen LogP contribution in [0.4, 0.5) is 0 Å². The molecule has 3 N–H and O–H groups in total. The minimum Gasteiger partial charge on any atom is -0.473 e. The summed E-state index contributed by atoms with van der Waals surface area (Å²) in [4.78, 5) is 25.3. The summed E-state index contributed by atoms with van der Waals surface area (Å²) in [5, 5.41) is 14.8. The van der Waals surface area contributed by atoms with Gasteiger partial charge in [-0.05, 0) is 18.4 Å². The van der Waals surface area contributed by atoms with Crippen LogP contribution in [0.2, 0.25) is 0 Å². The molecule has 0 unspecified atom stereocenters. The maximum absolute atomic E-state index is 9.10. The van der Waals surface area contributed by atoms with E-state index in [0.717, 1.165) is 19.4 Å². The third kappa shape index (κ3) is 7.81. The van der Waals surface area contributed by atoms with Crippen molar-refractivity contribution >= 4 is 11.9 Å². The van der Waals surface area contributed by atoms with Crippen LogP contribution in [0.1, 0.15) is 17.7 Å². The average molecular weight is 306 g/mol. The lowest BCUT2D eigenvalue weighted by Crippen LogP contribution is -2.09. The lowest BCUT2D eigenvalue weighted by molar-refractivity contribution is -0.159. The summed E-state index contributed by atoms with van der Waals surface area (Å²) in [6.45, 7) is 1.48. The van der Waals surface area contributed by atoms with Crippen molar-refractivity contribution in [3.8, 4) is 0 Å². The molecule has 0 atom stereocenters. The van der Waals surface area contributed by atoms with Crippen LogP contribution in [-0.2, 0) is 27.4 Å².